The molecule has 0 radical (unpaired) electrons. The van der Waals surface area contributed by atoms with Gasteiger partial charge >= 0.3 is 0 Å². The Morgan fingerprint density at radius 1 is 1.00 bits per heavy atom. The molecule has 3 aromatic heterocycles. The van der Waals surface area contributed by atoms with Crippen LogP contribution in [0.25, 0.3) is 17.2 Å². The summed E-state index contributed by atoms with van der Waals surface area (Å²) in [5, 5.41) is 4.48. The number of aryl methyl sites for hydroxylation is 2. The van der Waals surface area contributed by atoms with Crippen molar-refractivity contribution in [1.29, 1.82) is 0 Å². The lowest BCUT2D eigenvalue weighted by molar-refractivity contribution is 0.846. The summed E-state index contributed by atoms with van der Waals surface area (Å²) in [6.07, 6.45) is 6.76. The van der Waals surface area contributed by atoms with E-state index in [1.807, 2.05) is 26.0 Å². The Labute approximate surface area is 116 Å². The average molecular weight is 266 g/mol. The van der Waals surface area contributed by atoms with Crippen molar-refractivity contribution in [1.82, 2.24) is 24.7 Å². The van der Waals surface area contributed by atoms with Crippen LogP contribution < -0.4 is 5.73 Å². The molecule has 20 heavy (non-hydrogen) atoms. The van der Waals surface area contributed by atoms with Gasteiger partial charge in [0.05, 0.1) is 17.6 Å². The van der Waals surface area contributed by atoms with Gasteiger partial charge in [0.2, 0.25) is 0 Å². The van der Waals surface area contributed by atoms with E-state index in [2.05, 4.69) is 20.1 Å². The first kappa shape index (κ1) is 12.3. The minimum atomic E-state index is 0.553. The van der Waals surface area contributed by atoms with Gasteiger partial charge in [0.1, 0.15) is 11.4 Å². The number of aromatic nitrogens is 5. The average Bonchev–Trinajstić information content (AvgIpc) is 2.81. The van der Waals surface area contributed by atoms with Gasteiger partial charge in [-0.3, -0.25) is 9.97 Å². The smallest absolute Gasteiger partial charge is 0.153 e. The predicted octanol–water partition coefficient (Wildman–Crippen LogP) is 1.92. The van der Waals surface area contributed by atoms with Gasteiger partial charge in [-0.25, -0.2) is 9.67 Å². The Bertz CT molecular complexity index is 762. The molecule has 0 saturated heterocycles. The third-order valence-corrected chi connectivity index (χ3v) is 2.98. The largest absolute Gasteiger partial charge is 0.396 e. The van der Waals surface area contributed by atoms with Crippen LogP contribution in [0.4, 0.5) is 5.69 Å². The molecule has 0 saturated carbocycles. The molecule has 0 aromatic carbocycles. The van der Waals surface area contributed by atoms with Crippen LogP contribution in [0, 0.1) is 13.8 Å². The molecule has 0 aliphatic carbocycles. The highest BCUT2D eigenvalue weighted by Crippen LogP contribution is 2.24. The zero-order chi connectivity index (χ0) is 14.1. The normalized spacial score (nSPS) is 10.7. The third kappa shape index (κ3) is 2.11. The Balaban J connectivity index is 2.10. The van der Waals surface area contributed by atoms with E-state index in [-0.39, 0.29) is 0 Å². The molecule has 6 nitrogen and oxygen atoms in total. The summed E-state index contributed by atoms with van der Waals surface area (Å²) in [6.45, 7) is 3.89. The van der Waals surface area contributed by atoms with E-state index in [1.54, 1.807) is 29.5 Å². The molecular formula is C14H14N6. The first-order valence-corrected chi connectivity index (χ1v) is 6.21. The molecule has 0 atom stereocenters. The summed E-state index contributed by atoms with van der Waals surface area (Å²) in [5.41, 5.74) is 9.81. The highest BCUT2D eigenvalue weighted by molar-refractivity contribution is 5.70. The summed E-state index contributed by atoms with van der Waals surface area (Å²) in [7, 11) is 0. The van der Waals surface area contributed by atoms with Crippen LogP contribution in [-0.2, 0) is 0 Å². The molecule has 0 bridgehead atoms. The Morgan fingerprint density at radius 3 is 2.55 bits per heavy atom. The van der Waals surface area contributed by atoms with Crippen LogP contribution in [0.15, 0.2) is 36.9 Å². The Kier molecular flexibility index (Phi) is 2.90. The van der Waals surface area contributed by atoms with E-state index in [1.165, 1.54) is 0 Å². The maximum absolute atomic E-state index is 6.04. The first-order chi connectivity index (χ1) is 9.65. The molecule has 3 aromatic rings. The SMILES string of the molecule is Cc1ccnc(-n2cc(N)c(-c3nccnc3C)n2)c1. The molecule has 0 amide bonds. The molecule has 0 unspecified atom stereocenters. The number of nitrogen functional groups attached to an aromatic ring is 1. The van der Waals surface area contributed by atoms with Crippen molar-refractivity contribution in [3.05, 3.63) is 48.2 Å². The molecule has 100 valence electrons. The highest BCUT2D eigenvalue weighted by atomic mass is 15.3. The lowest BCUT2D eigenvalue weighted by atomic mass is 10.2. The Morgan fingerprint density at radius 2 is 1.80 bits per heavy atom. The lowest BCUT2D eigenvalue weighted by Gasteiger charge is -2.01. The van der Waals surface area contributed by atoms with Gasteiger partial charge in [0, 0.05) is 18.6 Å². The van der Waals surface area contributed by atoms with Crippen molar-refractivity contribution < 1.29 is 0 Å². The number of hydrogen-bond acceptors (Lipinski definition) is 5. The standard InChI is InChI=1S/C14H14N6/c1-9-3-4-17-12(7-9)20-8-11(15)14(19-20)13-10(2)16-5-6-18-13/h3-8H,15H2,1-2H3. The second kappa shape index (κ2) is 4.73. The molecule has 0 spiro atoms. The van der Waals surface area contributed by atoms with Crippen LogP contribution in [0.5, 0.6) is 0 Å². The van der Waals surface area contributed by atoms with E-state index < -0.39 is 0 Å². The van der Waals surface area contributed by atoms with Gasteiger partial charge in [-0.05, 0) is 31.5 Å². The van der Waals surface area contributed by atoms with E-state index in [0.29, 0.717) is 17.1 Å². The van der Waals surface area contributed by atoms with Crippen molar-refractivity contribution in [2.24, 2.45) is 0 Å². The van der Waals surface area contributed by atoms with Crippen LogP contribution in [0.2, 0.25) is 0 Å². The predicted molar refractivity (Wildman–Crippen MR) is 76.3 cm³/mol. The van der Waals surface area contributed by atoms with E-state index in [0.717, 1.165) is 17.1 Å². The fraction of sp³-hybridized carbons (Fsp3) is 0.143. The minimum absolute atomic E-state index is 0.553. The van der Waals surface area contributed by atoms with Crippen LogP contribution in [0.3, 0.4) is 0 Å². The number of anilines is 1. The van der Waals surface area contributed by atoms with Gasteiger partial charge in [-0.1, -0.05) is 0 Å². The van der Waals surface area contributed by atoms with Crippen molar-refractivity contribution in [2.75, 3.05) is 5.73 Å². The van der Waals surface area contributed by atoms with Gasteiger partial charge in [-0.2, -0.15) is 5.10 Å². The molecule has 2 N–H and O–H groups in total. The fourth-order valence-corrected chi connectivity index (χ4v) is 1.97. The topological polar surface area (TPSA) is 82.5 Å². The quantitative estimate of drug-likeness (QED) is 0.766. The number of nitrogens with two attached hydrogens (primary N) is 1. The van der Waals surface area contributed by atoms with E-state index in [4.69, 9.17) is 5.73 Å². The van der Waals surface area contributed by atoms with Gasteiger partial charge < -0.3 is 5.73 Å². The molecule has 6 heteroatoms. The number of nitrogens with zero attached hydrogens (tertiary/aromatic N) is 5. The molecule has 3 heterocycles. The summed E-state index contributed by atoms with van der Waals surface area (Å²) < 4.78 is 1.66. The van der Waals surface area contributed by atoms with E-state index in [9.17, 15) is 0 Å². The van der Waals surface area contributed by atoms with Crippen molar-refractivity contribution in [3.63, 3.8) is 0 Å². The van der Waals surface area contributed by atoms with Crippen molar-refractivity contribution >= 4 is 5.69 Å². The van der Waals surface area contributed by atoms with Crippen molar-refractivity contribution in [2.45, 2.75) is 13.8 Å². The zero-order valence-electron chi connectivity index (χ0n) is 11.3. The number of pyridine rings is 1. The molecule has 0 fully saturated rings. The first-order valence-electron chi connectivity index (χ1n) is 6.21. The molecular weight excluding hydrogens is 252 g/mol. The summed E-state index contributed by atoms with van der Waals surface area (Å²) in [4.78, 5) is 12.8. The maximum Gasteiger partial charge on any atom is 0.153 e. The van der Waals surface area contributed by atoms with Gasteiger partial charge in [0.15, 0.2) is 5.82 Å². The molecule has 0 aliphatic heterocycles. The zero-order valence-corrected chi connectivity index (χ0v) is 11.3. The van der Waals surface area contributed by atoms with Crippen LogP contribution in [0.1, 0.15) is 11.3 Å². The highest BCUT2D eigenvalue weighted by Gasteiger charge is 2.14. The van der Waals surface area contributed by atoms with Crippen LogP contribution in [-0.4, -0.2) is 24.7 Å². The summed E-state index contributed by atoms with van der Waals surface area (Å²) >= 11 is 0. The Hall–Kier alpha value is -2.76. The molecule has 0 aliphatic rings. The third-order valence-electron chi connectivity index (χ3n) is 2.98. The second-order valence-corrected chi connectivity index (χ2v) is 4.56. The van der Waals surface area contributed by atoms with Gasteiger partial charge in [-0.15, -0.1) is 0 Å². The summed E-state index contributed by atoms with van der Waals surface area (Å²) in [6, 6.07) is 3.88. The van der Waals surface area contributed by atoms with Gasteiger partial charge in [0.25, 0.3) is 0 Å². The van der Waals surface area contributed by atoms with Crippen LogP contribution >= 0.6 is 0 Å². The summed E-state index contributed by atoms with van der Waals surface area (Å²) in [5.74, 6) is 0.726. The van der Waals surface area contributed by atoms with Crippen molar-refractivity contribution in [3.8, 4) is 17.2 Å². The van der Waals surface area contributed by atoms with E-state index >= 15 is 0 Å². The monoisotopic (exact) mass is 266 g/mol. The minimum Gasteiger partial charge on any atom is -0.396 e. The fourth-order valence-electron chi connectivity index (χ4n) is 1.97. The molecule has 3 rings (SSSR count). The lowest BCUT2D eigenvalue weighted by Crippen LogP contribution is -1.99. The number of rotatable bonds is 2. The maximum atomic E-state index is 6.04. The second-order valence-electron chi connectivity index (χ2n) is 4.56. The number of hydrogen-bond donors (Lipinski definition) is 1.